The van der Waals surface area contributed by atoms with Gasteiger partial charge < -0.3 is 23.3 Å². The van der Waals surface area contributed by atoms with Crippen molar-refractivity contribution in [3.05, 3.63) is 11.8 Å². The number of hydrogen-bond donors (Lipinski definition) is 2. The van der Waals surface area contributed by atoms with E-state index < -0.39 is 0 Å². The van der Waals surface area contributed by atoms with Crippen LogP contribution >= 0.6 is 0 Å². The molecule has 0 aliphatic carbocycles. The third kappa shape index (κ3) is 13.6. The maximum absolute atomic E-state index is 9.33. The van der Waals surface area contributed by atoms with E-state index in [4.69, 9.17) is 11.5 Å². The second-order valence-corrected chi connectivity index (χ2v) is 3.77. The van der Waals surface area contributed by atoms with Gasteiger partial charge in [-0.1, -0.05) is 20.3 Å². The van der Waals surface area contributed by atoms with E-state index >= 15 is 0 Å². The molecule has 0 aromatic carbocycles. The van der Waals surface area contributed by atoms with E-state index in [1.54, 1.807) is 0 Å². The molecule has 0 amide bonds. The van der Waals surface area contributed by atoms with Crippen LogP contribution in [0.25, 0.3) is 5.41 Å². The maximum Gasteiger partial charge on any atom is 2.00 e. The van der Waals surface area contributed by atoms with Crippen molar-refractivity contribution >= 4 is 11.7 Å². The summed E-state index contributed by atoms with van der Waals surface area (Å²) in [5, 5.41) is 9.33. The van der Waals surface area contributed by atoms with Gasteiger partial charge in [-0.05, 0) is 5.92 Å². The molecule has 0 aliphatic heterocycles. The van der Waals surface area contributed by atoms with Gasteiger partial charge in [-0.25, -0.2) is 5.71 Å². The van der Waals surface area contributed by atoms with Gasteiger partial charge in [0.25, 0.3) is 0 Å². The predicted molar refractivity (Wildman–Crippen MR) is 62.0 cm³/mol. The zero-order valence-corrected chi connectivity index (χ0v) is 12.4. The fourth-order valence-corrected chi connectivity index (χ4v) is 0.967. The Labute approximate surface area is 107 Å². The normalized spacial score (nSPS) is 9.53. The van der Waals surface area contributed by atoms with Crippen LogP contribution in [0.15, 0.2) is 4.99 Å². The molecule has 4 N–H and O–H groups in total. The van der Waals surface area contributed by atoms with Crippen molar-refractivity contribution in [2.75, 3.05) is 6.54 Å². The summed E-state index contributed by atoms with van der Waals surface area (Å²) >= 11 is 0. The predicted octanol–water partition coefficient (Wildman–Crippen LogP) is 1.30. The van der Waals surface area contributed by atoms with E-state index in [0.717, 1.165) is 12.8 Å². The third-order valence-electron chi connectivity index (χ3n) is 1.77. The quantitative estimate of drug-likeness (QED) is 0.302. The summed E-state index contributed by atoms with van der Waals surface area (Å²) in [6, 6.07) is 0. The number of aliphatic imine (C=N–C) groups is 1. The van der Waals surface area contributed by atoms with Crippen LogP contribution < -0.4 is 11.5 Å². The Morgan fingerprint density at radius 3 is 2.47 bits per heavy atom. The van der Waals surface area contributed by atoms with E-state index in [9.17, 15) is 5.41 Å². The standard InChI is InChI=1S/C10H20N4.W/c1-8(2)5-3-4-6-9(11)7-14-10(12)13;/h4,8H,3,5-7H2,1-2H3,(H4,12,13,14);/q-2;+2. The minimum Gasteiger partial charge on any atom is -0.812 e. The van der Waals surface area contributed by atoms with Crippen molar-refractivity contribution in [2.45, 2.75) is 33.1 Å². The monoisotopic (exact) mass is 380 g/mol. The molecule has 0 aromatic rings. The third-order valence-corrected chi connectivity index (χ3v) is 1.77. The Kier molecular flexibility index (Phi) is 11.5. The molecule has 15 heavy (non-hydrogen) atoms. The van der Waals surface area contributed by atoms with Crippen LogP contribution in [-0.2, 0) is 21.1 Å². The SMILES string of the molecule is CC(C)CC[CH-]CC(=[N-])CN=C(N)N.[W+2]. The molecule has 0 radical (unpaired) electrons. The zero-order chi connectivity index (χ0) is 11.0. The van der Waals surface area contributed by atoms with Crippen LogP contribution in [0.4, 0.5) is 0 Å². The molecule has 86 valence electrons. The fraction of sp³-hybridized carbons (Fsp3) is 0.700. The average molecular weight is 380 g/mol. The van der Waals surface area contributed by atoms with Gasteiger partial charge in [0.1, 0.15) is 0 Å². The van der Waals surface area contributed by atoms with Crippen molar-refractivity contribution in [1.82, 2.24) is 0 Å². The Morgan fingerprint density at radius 2 is 2.00 bits per heavy atom. The van der Waals surface area contributed by atoms with E-state index in [2.05, 4.69) is 25.3 Å². The van der Waals surface area contributed by atoms with Gasteiger partial charge in [0, 0.05) is 6.54 Å². The van der Waals surface area contributed by atoms with Crippen LogP contribution in [-0.4, -0.2) is 18.2 Å². The van der Waals surface area contributed by atoms with Gasteiger partial charge in [0.05, 0.1) is 0 Å². The second kappa shape index (κ2) is 10.2. The van der Waals surface area contributed by atoms with Gasteiger partial charge in [0.2, 0.25) is 0 Å². The van der Waals surface area contributed by atoms with E-state index in [0.29, 0.717) is 18.1 Å². The zero-order valence-electron chi connectivity index (χ0n) is 9.44. The minimum absolute atomic E-state index is 0. The summed E-state index contributed by atoms with van der Waals surface area (Å²) in [4.78, 5) is 3.70. The fourth-order valence-electron chi connectivity index (χ4n) is 0.967. The smallest absolute Gasteiger partial charge is 0.812 e. The summed E-state index contributed by atoms with van der Waals surface area (Å²) in [5.74, 6) is 0.713. The molecule has 0 unspecified atom stereocenters. The molecule has 0 saturated carbocycles. The first kappa shape index (κ1) is 17.0. The summed E-state index contributed by atoms with van der Waals surface area (Å²) in [6.07, 6.45) is 4.79. The number of nitrogens with zero attached hydrogens (tertiary/aromatic N) is 2. The van der Waals surface area contributed by atoms with E-state index in [1.165, 1.54) is 0 Å². The van der Waals surface area contributed by atoms with Crippen molar-refractivity contribution in [2.24, 2.45) is 22.4 Å². The van der Waals surface area contributed by atoms with Gasteiger partial charge >= 0.3 is 21.1 Å². The van der Waals surface area contributed by atoms with Crippen LogP contribution in [0.5, 0.6) is 0 Å². The summed E-state index contributed by atoms with van der Waals surface area (Å²) in [5.41, 5.74) is 10.6. The Bertz CT molecular complexity index is 198. The van der Waals surface area contributed by atoms with Crippen molar-refractivity contribution < 1.29 is 21.1 Å². The number of unbranched alkanes of at least 4 members (excludes halogenated alkanes) is 1. The summed E-state index contributed by atoms with van der Waals surface area (Å²) in [7, 11) is 0. The molecule has 5 heteroatoms. The molecule has 0 heterocycles. The molecule has 0 spiro atoms. The van der Waals surface area contributed by atoms with Crippen LogP contribution in [0.3, 0.4) is 0 Å². The summed E-state index contributed by atoms with van der Waals surface area (Å²) in [6.45, 7) is 4.56. The first-order valence-electron chi connectivity index (χ1n) is 4.93. The molecule has 0 saturated heterocycles. The number of guanidine groups is 1. The number of rotatable bonds is 7. The molecule has 0 aromatic heterocycles. The number of nitrogens with two attached hydrogens (primary N) is 2. The van der Waals surface area contributed by atoms with Crippen molar-refractivity contribution in [1.29, 1.82) is 0 Å². The van der Waals surface area contributed by atoms with Crippen molar-refractivity contribution in [3.63, 3.8) is 0 Å². The average Bonchev–Trinajstić information content (AvgIpc) is 2.08. The maximum atomic E-state index is 9.33. The second-order valence-electron chi connectivity index (χ2n) is 3.77. The van der Waals surface area contributed by atoms with Crippen LogP contribution in [0.2, 0.25) is 0 Å². The molecule has 0 atom stereocenters. The first-order valence-corrected chi connectivity index (χ1v) is 4.93. The first-order chi connectivity index (χ1) is 6.52. The van der Waals surface area contributed by atoms with Gasteiger partial charge in [0.15, 0.2) is 5.96 Å². The molecule has 4 nitrogen and oxygen atoms in total. The van der Waals surface area contributed by atoms with E-state index in [1.807, 2.05) is 0 Å². The Hall–Kier alpha value is -0.372. The molecule has 0 aliphatic rings. The Morgan fingerprint density at radius 1 is 1.40 bits per heavy atom. The molecular formula is C10H20N4W. The molecule has 0 fully saturated rings. The topological polar surface area (TPSA) is 86.7 Å². The van der Waals surface area contributed by atoms with Crippen LogP contribution in [0.1, 0.15) is 33.1 Å². The molecule has 0 rings (SSSR count). The Balaban J connectivity index is 0. The van der Waals surface area contributed by atoms with Crippen LogP contribution in [0, 0.1) is 12.3 Å². The largest absolute Gasteiger partial charge is 2.00 e. The minimum atomic E-state index is 0. The summed E-state index contributed by atoms with van der Waals surface area (Å²) < 4.78 is 0. The molecule has 0 bridgehead atoms. The van der Waals surface area contributed by atoms with Gasteiger partial charge in [-0.2, -0.15) is 12.8 Å². The molecular weight excluding hydrogens is 360 g/mol. The van der Waals surface area contributed by atoms with Crippen molar-refractivity contribution in [3.8, 4) is 0 Å². The van der Waals surface area contributed by atoms with Gasteiger partial charge in [-0.3, -0.25) is 4.99 Å². The number of hydrogen-bond acceptors (Lipinski definition) is 1. The van der Waals surface area contributed by atoms with Gasteiger partial charge in [-0.15, -0.1) is 0 Å². The van der Waals surface area contributed by atoms with E-state index in [-0.39, 0.29) is 33.6 Å².